The maximum absolute atomic E-state index is 5.98. The molecule has 0 spiro atoms. The molecule has 0 bridgehead atoms. The summed E-state index contributed by atoms with van der Waals surface area (Å²) >= 11 is 0. The van der Waals surface area contributed by atoms with Crippen molar-refractivity contribution in [3.8, 4) is 17.0 Å². The molecule has 0 aliphatic carbocycles. The number of aromatic nitrogens is 1. The number of benzene rings is 1. The molecule has 3 nitrogen and oxygen atoms in total. The van der Waals surface area contributed by atoms with E-state index in [2.05, 4.69) is 11.9 Å². The van der Waals surface area contributed by atoms with Crippen LogP contribution >= 0.6 is 12.4 Å². The maximum atomic E-state index is 5.98. The zero-order chi connectivity index (χ0) is 13.7. The van der Waals surface area contributed by atoms with Gasteiger partial charge in [-0.2, -0.15) is 0 Å². The van der Waals surface area contributed by atoms with Crippen molar-refractivity contribution < 1.29 is 4.74 Å². The number of pyridine rings is 1. The van der Waals surface area contributed by atoms with E-state index in [4.69, 9.17) is 10.5 Å². The van der Waals surface area contributed by atoms with Crippen LogP contribution in [0.15, 0.2) is 42.5 Å². The SMILES string of the molecule is CCC(N)Cc1cccc(-c2ccc(OC)cc2)n1.Cl. The first-order chi connectivity index (χ1) is 9.22. The Balaban J connectivity index is 0.00000200. The lowest BCUT2D eigenvalue weighted by atomic mass is 10.1. The van der Waals surface area contributed by atoms with Gasteiger partial charge in [0.2, 0.25) is 0 Å². The molecule has 1 heterocycles. The first-order valence-corrected chi connectivity index (χ1v) is 6.59. The van der Waals surface area contributed by atoms with Crippen molar-refractivity contribution in [1.29, 1.82) is 0 Å². The zero-order valence-electron chi connectivity index (χ0n) is 11.9. The molecule has 0 aliphatic heterocycles. The summed E-state index contributed by atoms with van der Waals surface area (Å²) in [5.74, 6) is 0.855. The van der Waals surface area contributed by atoms with E-state index in [9.17, 15) is 0 Å². The summed E-state index contributed by atoms with van der Waals surface area (Å²) in [5, 5.41) is 0. The smallest absolute Gasteiger partial charge is 0.118 e. The molecule has 0 saturated carbocycles. The fourth-order valence-corrected chi connectivity index (χ4v) is 1.93. The normalized spacial score (nSPS) is 11.6. The van der Waals surface area contributed by atoms with Gasteiger partial charge in [0.25, 0.3) is 0 Å². The Hall–Kier alpha value is -1.58. The summed E-state index contributed by atoms with van der Waals surface area (Å²) in [6.07, 6.45) is 1.79. The highest BCUT2D eigenvalue weighted by molar-refractivity contribution is 5.85. The molecule has 0 fully saturated rings. The van der Waals surface area contributed by atoms with Gasteiger partial charge < -0.3 is 10.5 Å². The van der Waals surface area contributed by atoms with Crippen molar-refractivity contribution in [3.05, 3.63) is 48.2 Å². The second-order valence-electron chi connectivity index (χ2n) is 4.62. The van der Waals surface area contributed by atoms with Crippen molar-refractivity contribution in [2.24, 2.45) is 5.73 Å². The molecule has 1 aromatic carbocycles. The molecular weight excluding hydrogens is 272 g/mol. The fourth-order valence-electron chi connectivity index (χ4n) is 1.93. The lowest BCUT2D eigenvalue weighted by Gasteiger charge is -2.09. The number of halogens is 1. The van der Waals surface area contributed by atoms with Gasteiger partial charge in [-0.25, -0.2) is 0 Å². The molecule has 2 aromatic rings. The standard InChI is InChI=1S/C16H20N2O.ClH/c1-3-13(17)11-14-5-4-6-16(18-14)12-7-9-15(19-2)10-8-12;/h4-10,13H,3,11,17H2,1-2H3;1H. The van der Waals surface area contributed by atoms with Crippen molar-refractivity contribution >= 4 is 12.4 Å². The number of ether oxygens (including phenoxy) is 1. The van der Waals surface area contributed by atoms with Crippen LogP contribution in [0, 0.1) is 0 Å². The molecule has 108 valence electrons. The lowest BCUT2D eigenvalue weighted by molar-refractivity contribution is 0.415. The largest absolute Gasteiger partial charge is 0.497 e. The Morgan fingerprint density at radius 1 is 1.15 bits per heavy atom. The number of rotatable bonds is 5. The zero-order valence-corrected chi connectivity index (χ0v) is 12.7. The lowest BCUT2D eigenvalue weighted by Crippen LogP contribution is -2.21. The van der Waals surface area contributed by atoms with Crippen LogP contribution in [0.4, 0.5) is 0 Å². The van der Waals surface area contributed by atoms with E-state index in [0.29, 0.717) is 0 Å². The minimum absolute atomic E-state index is 0. The Morgan fingerprint density at radius 2 is 1.85 bits per heavy atom. The summed E-state index contributed by atoms with van der Waals surface area (Å²) in [7, 11) is 1.67. The van der Waals surface area contributed by atoms with Crippen LogP contribution in [0.3, 0.4) is 0 Å². The van der Waals surface area contributed by atoms with Gasteiger partial charge in [0, 0.05) is 23.7 Å². The third-order valence-electron chi connectivity index (χ3n) is 3.19. The predicted octanol–water partition coefficient (Wildman–Crippen LogP) is 3.46. The molecule has 0 saturated heterocycles. The Kier molecular flexibility index (Phi) is 6.49. The second kappa shape index (κ2) is 7.88. The Bertz CT molecular complexity index is 528. The number of nitrogens with two attached hydrogens (primary N) is 1. The summed E-state index contributed by atoms with van der Waals surface area (Å²) in [5.41, 5.74) is 9.09. The van der Waals surface area contributed by atoms with Crippen molar-refractivity contribution in [2.75, 3.05) is 7.11 Å². The van der Waals surface area contributed by atoms with Crippen LogP contribution in [0.5, 0.6) is 5.75 Å². The van der Waals surface area contributed by atoms with Gasteiger partial charge in [-0.15, -0.1) is 12.4 Å². The number of hydrogen-bond donors (Lipinski definition) is 1. The van der Waals surface area contributed by atoms with Crippen LogP contribution in [0.1, 0.15) is 19.0 Å². The average molecular weight is 293 g/mol. The summed E-state index contributed by atoms with van der Waals surface area (Å²) in [6.45, 7) is 2.10. The minimum atomic E-state index is 0. The molecular formula is C16H21ClN2O. The highest BCUT2D eigenvalue weighted by atomic mass is 35.5. The van der Waals surface area contributed by atoms with Gasteiger partial charge in [0.15, 0.2) is 0 Å². The third kappa shape index (κ3) is 4.22. The molecule has 2 rings (SSSR count). The second-order valence-corrected chi connectivity index (χ2v) is 4.62. The molecule has 2 N–H and O–H groups in total. The number of methoxy groups -OCH3 is 1. The van der Waals surface area contributed by atoms with Crippen molar-refractivity contribution in [3.63, 3.8) is 0 Å². The molecule has 0 amide bonds. The van der Waals surface area contributed by atoms with E-state index in [1.807, 2.05) is 42.5 Å². The van der Waals surface area contributed by atoms with Gasteiger partial charge in [0.1, 0.15) is 5.75 Å². The highest BCUT2D eigenvalue weighted by Gasteiger charge is 2.05. The maximum Gasteiger partial charge on any atom is 0.118 e. The monoisotopic (exact) mass is 292 g/mol. The van der Waals surface area contributed by atoms with E-state index in [-0.39, 0.29) is 18.4 Å². The third-order valence-corrected chi connectivity index (χ3v) is 3.19. The van der Waals surface area contributed by atoms with Gasteiger partial charge in [-0.1, -0.05) is 13.0 Å². The number of nitrogens with zero attached hydrogens (tertiary/aromatic N) is 1. The van der Waals surface area contributed by atoms with E-state index in [1.165, 1.54) is 0 Å². The van der Waals surface area contributed by atoms with Crippen LogP contribution < -0.4 is 10.5 Å². The summed E-state index contributed by atoms with van der Waals surface area (Å²) in [6, 6.07) is 14.2. The van der Waals surface area contributed by atoms with E-state index in [0.717, 1.165) is 35.5 Å². The molecule has 20 heavy (non-hydrogen) atoms. The Morgan fingerprint density at radius 3 is 2.45 bits per heavy atom. The topological polar surface area (TPSA) is 48.1 Å². The first kappa shape index (κ1) is 16.5. The highest BCUT2D eigenvalue weighted by Crippen LogP contribution is 2.21. The minimum Gasteiger partial charge on any atom is -0.497 e. The van der Waals surface area contributed by atoms with Crippen molar-refractivity contribution in [1.82, 2.24) is 4.98 Å². The van der Waals surface area contributed by atoms with Crippen LogP contribution in [0.25, 0.3) is 11.3 Å². The first-order valence-electron chi connectivity index (χ1n) is 6.59. The predicted molar refractivity (Wildman–Crippen MR) is 85.4 cm³/mol. The summed E-state index contributed by atoms with van der Waals surface area (Å²) < 4.78 is 5.16. The quantitative estimate of drug-likeness (QED) is 0.918. The molecule has 1 atom stereocenters. The molecule has 4 heteroatoms. The van der Waals surface area contributed by atoms with Gasteiger partial charge >= 0.3 is 0 Å². The van der Waals surface area contributed by atoms with Gasteiger partial charge in [-0.3, -0.25) is 4.98 Å². The van der Waals surface area contributed by atoms with Crippen LogP contribution in [-0.4, -0.2) is 18.1 Å². The molecule has 0 aliphatic rings. The fraction of sp³-hybridized carbons (Fsp3) is 0.312. The molecule has 1 unspecified atom stereocenters. The van der Waals surface area contributed by atoms with E-state index >= 15 is 0 Å². The average Bonchev–Trinajstić information content (AvgIpc) is 2.47. The molecule has 0 radical (unpaired) electrons. The van der Waals surface area contributed by atoms with Crippen LogP contribution in [-0.2, 0) is 6.42 Å². The van der Waals surface area contributed by atoms with Gasteiger partial charge in [0.05, 0.1) is 12.8 Å². The Labute approximate surface area is 126 Å². The summed E-state index contributed by atoms with van der Waals surface area (Å²) in [4.78, 5) is 4.67. The number of hydrogen-bond acceptors (Lipinski definition) is 3. The van der Waals surface area contributed by atoms with Crippen molar-refractivity contribution in [2.45, 2.75) is 25.8 Å². The molecule has 1 aromatic heterocycles. The van der Waals surface area contributed by atoms with E-state index < -0.39 is 0 Å². The van der Waals surface area contributed by atoms with Crippen LogP contribution in [0.2, 0.25) is 0 Å². The van der Waals surface area contributed by atoms with Gasteiger partial charge in [-0.05, 0) is 42.8 Å². The van der Waals surface area contributed by atoms with E-state index in [1.54, 1.807) is 7.11 Å².